The first-order chi connectivity index (χ1) is 10.0. The fourth-order valence-electron chi connectivity index (χ4n) is 1.90. The second-order valence-electron chi connectivity index (χ2n) is 4.71. The molecule has 0 fully saturated rings. The molecule has 0 saturated heterocycles. The summed E-state index contributed by atoms with van der Waals surface area (Å²) in [5.74, 6) is 0. The third-order valence-corrected chi connectivity index (χ3v) is 4.32. The van der Waals surface area contributed by atoms with Crippen LogP contribution in [0.25, 0.3) is 0 Å². The van der Waals surface area contributed by atoms with Crippen molar-refractivity contribution in [1.82, 2.24) is 0 Å². The predicted octanol–water partition coefficient (Wildman–Crippen LogP) is 3.53. The first-order valence-corrected chi connectivity index (χ1v) is 8.03. The fraction of sp³-hybridized carbons (Fsp3) is 0.118. The Balaban J connectivity index is 2.32. The van der Waals surface area contributed by atoms with Crippen LogP contribution in [0.2, 0.25) is 0 Å². The van der Waals surface area contributed by atoms with Crippen LogP contribution >= 0.6 is 0 Å². The molecule has 3 nitrogen and oxygen atoms in total. The molecule has 0 aliphatic heterocycles. The Hall–Kier alpha value is -2.20. The van der Waals surface area contributed by atoms with Crippen molar-refractivity contribution in [1.29, 1.82) is 0 Å². The van der Waals surface area contributed by atoms with Gasteiger partial charge in [0.05, 0.1) is 4.90 Å². The monoisotopic (exact) mass is 299 g/mol. The van der Waals surface area contributed by atoms with Crippen LogP contribution in [0.1, 0.15) is 16.7 Å². The Labute approximate surface area is 125 Å². The van der Waals surface area contributed by atoms with Crippen LogP contribution in [0.3, 0.4) is 0 Å². The molecular formula is C17H17NO2S. The molecule has 4 heteroatoms. The highest BCUT2D eigenvalue weighted by atomic mass is 32.2. The molecule has 2 aromatic rings. The van der Waals surface area contributed by atoms with Crippen LogP contribution in [0, 0.1) is 6.92 Å². The number of hydrogen-bond donors (Lipinski definition) is 0. The summed E-state index contributed by atoms with van der Waals surface area (Å²) in [5, 5.41) is 0. The van der Waals surface area contributed by atoms with Gasteiger partial charge in [-0.15, -0.1) is 6.58 Å². The molecule has 0 N–H and O–H groups in total. The lowest BCUT2D eigenvalue weighted by Crippen LogP contribution is -1.99. The van der Waals surface area contributed by atoms with Gasteiger partial charge >= 0.3 is 0 Å². The largest absolute Gasteiger partial charge is 0.282 e. The number of rotatable bonds is 5. The normalized spacial score (nSPS) is 11.7. The van der Waals surface area contributed by atoms with Crippen LogP contribution in [-0.2, 0) is 16.4 Å². The van der Waals surface area contributed by atoms with Gasteiger partial charge in [0.25, 0.3) is 10.0 Å². The average Bonchev–Trinajstić information content (AvgIpc) is 2.47. The summed E-state index contributed by atoms with van der Waals surface area (Å²) in [6.45, 7) is 5.61. The summed E-state index contributed by atoms with van der Waals surface area (Å²) >= 11 is 0. The van der Waals surface area contributed by atoms with E-state index in [1.54, 1.807) is 30.3 Å². The van der Waals surface area contributed by atoms with Gasteiger partial charge in [0.2, 0.25) is 0 Å². The molecule has 0 saturated carbocycles. The molecule has 0 heterocycles. The summed E-state index contributed by atoms with van der Waals surface area (Å²) in [6, 6.07) is 14.2. The van der Waals surface area contributed by atoms with Crippen molar-refractivity contribution in [3.8, 4) is 0 Å². The second kappa shape index (κ2) is 6.50. The van der Waals surface area contributed by atoms with Crippen LogP contribution in [-0.4, -0.2) is 14.6 Å². The standard InChI is InChI=1S/C17H17NO2S/c1-3-6-15-7-4-5-8-16(15)13-18-21(19,20)17-11-9-14(2)10-12-17/h3-5,7-13H,1,6H2,2H3/b18-13+. The zero-order valence-corrected chi connectivity index (χ0v) is 12.7. The summed E-state index contributed by atoms with van der Waals surface area (Å²) in [4.78, 5) is 0.200. The van der Waals surface area contributed by atoms with Gasteiger partial charge in [0.15, 0.2) is 0 Å². The number of nitrogens with zero attached hydrogens (tertiary/aromatic N) is 1. The Kier molecular flexibility index (Phi) is 4.70. The maximum absolute atomic E-state index is 12.2. The number of allylic oxidation sites excluding steroid dienone is 1. The third-order valence-electron chi connectivity index (χ3n) is 3.07. The minimum Gasteiger partial charge on any atom is -0.199 e. The van der Waals surface area contributed by atoms with E-state index in [0.29, 0.717) is 6.42 Å². The molecule has 0 radical (unpaired) electrons. The molecule has 21 heavy (non-hydrogen) atoms. The Morgan fingerprint density at radius 3 is 2.43 bits per heavy atom. The van der Waals surface area contributed by atoms with Crippen molar-refractivity contribution in [2.45, 2.75) is 18.2 Å². The van der Waals surface area contributed by atoms with Gasteiger partial charge in [-0.1, -0.05) is 48.0 Å². The highest BCUT2D eigenvalue weighted by molar-refractivity contribution is 7.90. The summed E-state index contributed by atoms with van der Waals surface area (Å²) in [7, 11) is -3.66. The van der Waals surface area contributed by atoms with Crippen molar-refractivity contribution >= 4 is 16.2 Å². The van der Waals surface area contributed by atoms with Crippen LogP contribution in [0.5, 0.6) is 0 Å². The topological polar surface area (TPSA) is 46.5 Å². The van der Waals surface area contributed by atoms with Crippen molar-refractivity contribution in [3.63, 3.8) is 0 Å². The van der Waals surface area contributed by atoms with E-state index in [9.17, 15) is 8.42 Å². The summed E-state index contributed by atoms with van der Waals surface area (Å²) in [5.41, 5.74) is 2.79. The van der Waals surface area contributed by atoms with Crippen molar-refractivity contribution < 1.29 is 8.42 Å². The second-order valence-corrected chi connectivity index (χ2v) is 6.35. The van der Waals surface area contributed by atoms with E-state index in [1.807, 2.05) is 31.2 Å². The molecule has 0 aliphatic carbocycles. The van der Waals surface area contributed by atoms with Crippen molar-refractivity contribution in [3.05, 3.63) is 77.9 Å². The van der Waals surface area contributed by atoms with E-state index in [-0.39, 0.29) is 4.90 Å². The van der Waals surface area contributed by atoms with E-state index in [2.05, 4.69) is 11.0 Å². The molecule has 108 valence electrons. The van der Waals surface area contributed by atoms with E-state index in [4.69, 9.17) is 0 Å². The first-order valence-electron chi connectivity index (χ1n) is 6.59. The van der Waals surface area contributed by atoms with Gasteiger partial charge in [-0.3, -0.25) is 0 Å². The molecular weight excluding hydrogens is 282 g/mol. The lowest BCUT2D eigenvalue weighted by Gasteiger charge is -2.03. The number of hydrogen-bond acceptors (Lipinski definition) is 2. The van der Waals surface area contributed by atoms with E-state index in [1.165, 1.54) is 6.21 Å². The van der Waals surface area contributed by atoms with E-state index >= 15 is 0 Å². The molecule has 0 amide bonds. The van der Waals surface area contributed by atoms with Gasteiger partial charge in [-0.2, -0.15) is 12.8 Å². The zero-order valence-electron chi connectivity index (χ0n) is 11.9. The summed E-state index contributed by atoms with van der Waals surface area (Å²) < 4.78 is 28.1. The molecule has 0 unspecified atom stereocenters. The molecule has 2 aromatic carbocycles. The van der Waals surface area contributed by atoms with Crippen LogP contribution in [0.4, 0.5) is 0 Å². The fourth-order valence-corrected chi connectivity index (χ4v) is 2.75. The molecule has 0 bridgehead atoms. The summed E-state index contributed by atoms with van der Waals surface area (Å²) in [6.07, 6.45) is 3.85. The van der Waals surface area contributed by atoms with Gasteiger partial charge in [-0.05, 0) is 36.6 Å². The Morgan fingerprint density at radius 2 is 1.76 bits per heavy atom. The molecule has 0 aliphatic rings. The van der Waals surface area contributed by atoms with Crippen molar-refractivity contribution in [2.75, 3.05) is 0 Å². The SMILES string of the molecule is C=CCc1ccccc1/C=N/S(=O)(=O)c1ccc(C)cc1. The highest BCUT2D eigenvalue weighted by Gasteiger charge is 2.11. The molecule has 0 aromatic heterocycles. The maximum atomic E-state index is 12.2. The van der Waals surface area contributed by atoms with Gasteiger partial charge in [-0.25, -0.2) is 0 Å². The van der Waals surface area contributed by atoms with E-state index in [0.717, 1.165) is 16.7 Å². The number of sulfonamides is 1. The Bertz CT molecular complexity index is 760. The molecule has 2 rings (SSSR count). The van der Waals surface area contributed by atoms with Crippen molar-refractivity contribution in [2.24, 2.45) is 4.40 Å². The van der Waals surface area contributed by atoms with Gasteiger partial charge in [0, 0.05) is 6.21 Å². The Morgan fingerprint density at radius 1 is 1.10 bits per heavy atom. The van der Waals surface area contributed by atoms with Crippen LogP contribution in [0.15, 0.2) is 70.5 Å². The zero-order chi connectivity index (χ0) is 15.3. The lowest BCUT2D eigenvalue weighted by atomic mass is 10.1. The smallest absolute Gasteiger partial charge is 0.199 e. The average molecular weight is 299 g/mol. The first kappa shape index (κ1) is 15.2. The number of aryl methyl sites for hydroxylation is 1. The molecule has 0 atom stereocenters. The third kappa shape index (κ3) is 3.89. The lowest BCUT2D eigenvalue weighted by molar-refractivity contribution is 0.598. The number of benzene rings is 2. The quantitative estimate of drug-likeness (QED) is 0.626. The van der Waals surface area contributed by atoms with Gasteiger partial charge < -0.3 is 0 Å². The highest BCUT2D eigenvalue weighted by Crippen LogP contribution is 2.14. The van der Waals surface area contributed by atoms with E-state index < -0.39 is 10.0 Å². The minimum atomic E-state index is -3.66. The minimum absolute atomic E-state index is 0.200. The van der Waals surface area contributed by atoms with Gasteiger partial charge in [0.1, 0.15) is 0 Å². The van der Waals surface area contributed by atoms with Crippen LogP contribution < -0.4 is 0 Å². The predicted molar refractivity (Wildman–Crippen MR) is 86.3 cm³/mol. The molecule has 0 spiro atoms. The maximum Gasteiger partial charge on any atom is 0.282 e.